The molecule has 3 rings (SSSR count). The third-order valence-corrected chi connectivity index (χ3v) is 3.85. The Hall–Kier alpha value is -2.61. The second-order valence-electron chi connectivity index (χ2n) is 5.40. The molecule has 0 heterocycles. The van der Waals surface area contributed by atoms with Crippen LogP contribution >= 0.6 is 0 Å². The highest BCUT2D eigenvalue weighted by molar-refractivity contribution is 5.73. The molecule has 0 aromatic heterocycles. The highest BCUT2D eigenvalue weighted by Crippen LogP contribution is 2.32. The van der Waals surface area contributed by atoms with Crippen LogP contribution in [0.4, 0.5) is 15.8 Å². The van der Waals surface area contributed by atoms with Gasteiger partial charge in [0, 0.05) is 18.3 Å². The molecule has 1 nitrogen and oxygen atoms in total. The summed E-state index contributed by atoms with van der Waals surface area (Å²) in [5.74, 6) is -0.197. The average Bonchev–Trinajstić information content (AvgIpc) is 2.56. The van der Waals surface area contributed by atoms with E-state index < -0.39 is 0 Å². The van der Waals surface area contributed by atoms with Crippen LogP contribution in [0.15, 0.2) is 72.8 Å². The molecule has 22 heavy (non-hydrogen) atoms. The fourth-order valence-corrected chi connectivity index (χ4v) is 2.53. The van der Waals surface area contributed by atoms with Gasteiger partial charge in [0.05, 0.1) is 5.69 Å². The van der Waals surface area contributed by atoms with Gasteiger partial charge in [-0.3, -0.25) is 0 Å². The molecule has 0 aliphatic heterocycles. The van der Waals surface area contributed by atoms with E-state index in [0.29, 0.717) is 11.3 Å². The molecule has 0 fully saturated rings. The average molecular weight is 291 g/mol. The lowest BCUT2D eigenvalue weighted by Crippen LogP contribution is -2.11. The van der Waals surface area contributed by atoms with Crippen LogP contribution in [0.5, 0.6) is 0 Å². The highest BCUT2D eigenvalue weighted by atomic mass is 19.1. The molecule has 0 N–H and O–H groups in total. The number of benzene rings is 3. The van der Waals surface area contributed by atoms with Crippen LogP contribution in [0.1, 0.15) is 5.56 Å². The molecule has 0 radical (unpaired) electrons. The van der Waals surface area contributed by atoms with Gasteiger partial charge in [-0.15, -0.1) is 0 Å². The van der Waals surface area contributed by atoms with Crippen molar-refractivity contribution in [3.8, 4) is 11.1 Å². The Morgan fingerprint density at radius 1 is 0.773 bits per heavy atom. The summed E-state index contributed by atoms with van der Waals surface area (Å²) in [5, 5.41) is 0. The van der Waals surface area contributed by atoms with Gasteiger partial charge in [0.1, 0.15) is 0 Å². The molecule has 0 saturated heterocycles. The SMILES string of the molecule is Cc1ccc(N(C)c2cccc(-c3ccccc3)c2F)cc1. The zero-order valence-corrected chi connectivity index (χ0v) is 12.8. The Morgan fingerprint density at radius 2 is 1.45 bits per heavy atom. The van der Waals surface area contributed by atoms with Gasteiger partial charge in [-0.2, -0.15) is 0 Å². The molecule has 0 aliphatic carbocycles. The fourth-order valence-electron chi connectivity index (χ4n) is 2.53. The van der Waals surface area contributed by atoms with E-state index in [1.807, 2.05) is 91.7 Å². The molecule has 0 aliphatic rings. The predicted octanol–water partition coefficient (Wildman–Crippen LogP) is 5.57. The number of rotatable bonds is 3. The van der Waals surface area contributed by atoms with E-state index in [1.165, 1.54) is 5.56 Å². The van der Waals surface area contributed by atoms with E-state index in [9.17, 15) is 4.39 Å². The summed E-state index contributed by atoms with van der Waals surface area (Å²) in [6.07, 6.45) is 0. The maximum absolute atomic E-state index is 14.9. The number of hydrogen-bond donors (Lipinski definition) is 0. The summed E-state index contributed by atoms with van der Waals surface area (Å²) in [7, 11) is 1.89. The number of nitrogens with zero attached hydrogens (tertiary/aromatic N) is 1. The van der Waals surface area contributed by atoms with Gasteiger partial charge >= 0.3 is 0 Å². The molecule has 0 unspecified atom stereocenters. The standard InChI is InChI=1S/C20H18FN/c1-15-11-13-17(14-12-15)22(2)19-10-6-9-18(20(19)21)16-7-4-3-5-8-16/h3-14H,1-2H3. The summed E-state index contributed by atoms with van der Waals surface area (Å²) in [6, 6.07) is 23.2. The lowest BCUT2D eigenvalue weighted by molar-refractivity contribution is 0.631. The van der Waals surface area contributed by atoms with Crippen LogP contribution in [0, 0.1) is 12.7 Å². The number of aryl methyl sites for hydroxylation is 1. The van der Waals surface area contributed by atoms with Crippen LogP contribution in [0.3, 0.4) is 0 Å². The van der Waals surface area contributed by atoms with Crippen LogP contribution in [0.25, 0.3) is 11.1 Å². The molecule has 3 aromatic rings. The van der Waals surface area contributed by atoms with E-state index in [1.54, 1.807) is 0 Å². The smallest absolute Gasteiger partial charge is 0.154 e. The topological polar surface area (TPSA) is 3.24 Å². The third-order valence-electron chi connectivity index (χ3n) is 3.85. The number of halogens is 1. The van der Waals surface area contributed by atoms with Gasteiger partial charge in [0.15, 0.2) is 5.82 Å². The Morgan fingerprint density at radius 3 is 2.14 bits per heavy atom. The van der Waals surface area contributed by atoms with Gasteiger partial charge < -0.3 is 4.90 Å². The van der Waals surface area contributed by atoms with Crippen molar-refractivity contribution in [2.75, 3.05) is 11.9 Å². The second-order valence-corrected chi connectivity index (χ2v) is 5.40. The van der Waals surface area contributed by atoms with Gasteiger partial charge in [-0.05, 0) is 30.7 Å². The van der Waals surface area contributed by atoms with Gasteiger partial charge in [0.2, 0.25) is 0 Å². The van der Waals surface area contributed by atoms with E-state index >= 15 is 0 Å². The fraction of sp³-hybridized carbons (Fsp3) is 0.100. The molecule has 3 aromatic carbocycles. The minimum Gasteiger partial charge on any atom is -0.342 e. The van der Waals surface area contributed by atoms with Crippen LogP contribution in [-0.2, 0) is 0 Å². The normalized spacial score (nSPS) is 10.5. The number of anilines is 2. The van der Waals surface area contributed by atoms with Crippen molar-refractivity contribution in [2.24, 2.45) is 0 Å². The van der Waals surface area contributed by atoms with Crippen molar-refractivity contribution in [3.63, 3.8) is 0 Å². The molecule has 0 spiro atoms. The lowest BCUT2D eigenvalue weighted by Gasteiger charge is -2.21. The largest absolute Gasteiger partial charge is 0.342 e. The molecular formula is C20H18FN. The second kappa shape index (κ2) is 6.02. The first-order valence-corrected chi connectivity index (χ1v) is 7.31. The van der Waals surface area contributed by atoms with Gasteiger partial charge in [-0.1, -0.05) is 60.2 Å². The van der Waals surface area contributed by atoms with Gasteiger partial charge in [0.25, 0.3) is 0 Å². The van der Waals surface area contributed by atoms with Crippen LogP contribution in [0.2, 0.25) is 0 Å². The molecule has 110 valence electrons. The quantitative estimate of drug-likeness (QED) is 0.610. The minimum absolute atomic E-state index is 0.197. The summed E-state index contributed by atoms with van der Waals surface area (Å²) in [6.45, 7) is 2.04. The molecule has 0 amide bonds. The van der Waals surface area contributed by atoms with E-state index in [0.717, 1.165) is 11.3 Å². The Labute approximate surface area is 130 Å². The van der Waals surface area contributed by atoms with Gasteiger partial charge in [-0.25, -0.2) is 4.39 Å². The summed E-state index contributed by atoms with van der Waals surface area (Å²) >= 11 is 0. The maximum atomic E-state index is 14.9. The Kier molecular flexibility index (Phi) is 3.92. The maximum Gasteiger partial charge on any atom is 0.154 e. The summed E-state index contributed by atoms with van der Waals surface area (Å²) in [4.78, 5) is 1.88. The predicted molar refractivity (Wildman–Crippen MR) is 91.1 cm³/mol. The van der Waals surface area contributed by atoms with Crippen molar-refractivity contribution in [3.05, 3.63) is 84.2 Å². The molecule has 0 bridgehead atoms. The summed E-state index contributed by atoms with van der Waals surface area (Å²) in [5.41, 5.74) is 4.24. The lowest BCUT2D eigenvalue weighted by atomic mass is 10.0. The van der Waals surface area contributed by atoms with Crippen molar-refractivity contribution < 1.29 is 4.39 Å². The monoisotopic (exact) mass is 291 g/mol. The van der Waals surface area contributed by atoms with Crippen LogP contribution in [-0.4, -0.2) is 7.05 Å². The third kappa shape index (κ3) is 2.73. The first-order chi connectivity index (χ1) is 10.7. The molecule has 0 atom stereocenters. The van der Waals surface area contributed by atoms with Crippen molar-refractivity contribution in [1.29, 1.82) is 0 Å². The molecule has 0 saturated carbocycles. The van der Waals surface area contributed by atoms with Crippen LogP contribution < -0.4 is 4.90 Å². The van der Waals surface area contributed by atoms with Crippen molar-refractivity contribution in [2.45, 2.75) is 6.92 Å². The zero-order valence-electron chi connectivity index (χ0n) is 12.8. The highest BCUT2D eigenvalue weighted by Gasteiger charge is 2.14. The summed E-state index contributed by atoms with van der Waals surface area (Å²) < 4.78 is 14.9. The minimum atomic E-state index is -0.197. The van der Waals surface area contributed by atoms with E-state index in [2.05, 4.69) is 0 Å². The Balaban J connectivity index is 2.03. The van der Waals surface area contributed by atoms with Crippen molar-refractivity contribution in [1.82, 2.24) is 0 Å². The molecule has 2 heteroatoms. The zero-order chi connectivity index (χ0) is 15.5. The first kappa shape index (κ1) is 14.3. The first-order valence-electron chi connectivity index (χ1n) is 7.31. The van der Waals surface area contributed by atoms with E-state index in [4.69, 9.17) is 0 Å². The van der Waals surface area contributed by atoms with Crippen molar-refractivity contribution >= 4 is 11.4 Å². The van der Waals surface area contributed by atoms with E-state index in [-0.39, 0.29) is 5.82 Å². The number of hydrogen-bond acceptors (Lipinski definition) is 1. The molecular weight excluding hydrogens is 273 g/mol. The Bertz CT molecular complexity index is 763.